The minimum atomic E-state index is -4.00. The fourth-order valence-corrected chi connectivity index (χ4v) is 3.74. The van der Waals surface area contributed by atoms with Crippen LogP contribution in [0.3, 0.4) is 0 Å². The molecule has 0 heterocycles. The van der Waals surface area contributed by atoms with Gasteiger partial charge in [-0.15, -0.1) is 0 Å². The number of carbonyl (C=O) groups is 2. The minimum Gasteiger partial charge on any atom is -0.481 e. The Morgan fingerprint density at radius 3 is 1.64 bits per heavy atom. The second-order valence-electron chi connectivity index (χ2n) is 8.89. The molecule has 0 aliphatic carbocycles. The van der Waals surface area contributed by atoms with E-state index >= 15 is 0 Å². The van der Waals surface area contributed by atoms with Gasteiger partial charge >= 0.3 is 12.1 Å². The van der Waals surface area contributed by atoms with Crippen LogP contribution in [0.4, 0.5) is 18.9 Å². The molecule has 0 saturated carbocycles. The number of unbranched alkanes of at least 4 members (excludes halogenated alkanes) is 12. The van der Waals surface area contributed by atoms with Crippen LogP contribution in [0.25, 0.3) is 0 Å². The van der Waals surface area contributed by atoms with Crippen LogP contribution in [0.5, 0.6) is 0 Å². The summed E-state index contributed by atoms with van der Waals surface area (Å²) in [6, 6.07) is 6.95. The first-order valence-corrected chi connectivity index (χ1v) is 12.4. The topological polar surface area (TPSA) is 66.4 Å². The van der Waals surface area contributed by atoms with Crippen molar-refractivity contribution in [2.45, 2.75) is 103 Å². The number of carboxylic acid groups (broad SMARTS) is 1. The first kappa shape index (κ1) is 29.0. The fourth-order valence-electron chi connectivity index (χ4n) is 3.74. The van der Waals surface area contributed by atoms with Crippen LogP contribution in [-0.4, -0.2) is 29.6 Å². The molecule has 1 aromatic carbocycles. The van der Waals surface area contributed by atoms with Crippen molar-refractivity contribution >= 4 is 17.4 Å². The van der Waals surface area contributed by atoms with Gasteiger partial charge in [0.15, 0.2) is 5.78 Å². The highest BCUT2D eigenvalue weighted by molar-refractivity contribution is 6.07. The molecule has 4 nitrogen and oxygen atoms in total. The summed E-state index contributed by atoms with van der Waals surface area (Å²) >= 11 is 0. The molecule has 0 spiro atoms. The van der Waals surface area contributed by atoms with Gasteiger partial charge in [-0.25, -0.2) is 0 Å². The molecule has 1 aromatic rings. The first-order valence-electron chi connectivity index (χ1n) is 12.4. The number of Topliss-reactive ketones (excluding diaryl/α,β-unsaturated/α-hetero) is 1. The fraction of sp³-hybridized carbons (Fsp3) is 0.692. The number of nitrogens with one attached hydrogen (secondary N) is 1. The lowest BCUT2D eigenvalue weighted by Gasteiger charge is -2.09. The lowest BCUT2D eigenvalue weighted by molar-refractivity contribution is -0.139. The highest BCUT2D eigenvalue weighted by atomic mass is 19.4. The third kappa shape index (κ3) is 14.7. The smallest absolute Gasteiger partial charge is 0.389 e. The van der Waals surface area contributed by atoms with E-state index in [1.165, 1.54) is 45.4 Å². The summed E-state index contributed by atoms with van der Waals surface area (Å²) in [4.78, 5) is 22.9. The molecule has 0 radical (unpaired) electrons. The summed E-state index contributed by atoms with van der Waals surface area (Å²) in [7, 11) is 0. The van der Waals surface area contributed by atoms with E-state index in [9.17, 15) is 22.8 Å². The molecule has 0 amide bonds. The molecule has 0 bridgehead atoms. The summed E-state index contributed by atoms with van der Waals surface area (Å²) in [5, 5.41) is 12.3. The molecule has 188 valence electrons. The number of ketones is 1. The zero-order chi connectivity index (χ0) is 24.5. The molecule has 1 rings (SSSR count). The van der Waals surface area contributed by atoms with Gasteiger partial charge in [0.25, 0.3) is 0 Å². The molecule has 0 fully saturated rings. The molecular weight excluding hydrogens is 431 g/mol. The summed E-state index contributed by atoms with van der Waals surface area (Å²) in [5.41, 5.74) is 1.34. The number of hydrogen-bond donors (Lipinski definition) is 2. The third-order valence-electron chi connectivity index (χ3n) is 5.90. The second-order valence-corrected chi connectivity index (χ2v) is 8.89. The standard InChI is InChI=1S/C26H40F3NO3/c1-21(25(32)33)24(31)22-15-17-23(18-16-22)30-20-14-12-10-8-6-4-2-3-5-7-9-11-13-19-26(27,28)29/h15-18,21,30H,2-14,19-20H2,1H3,(H,32,33). The van der Waals surface area contributed by atoms with Crippen LogP contribution in [0.1, 0.15) is 107 Å². The maximum atomic E-state index is 12.0. The number of rotatable bonds is 19. The molecule has 1 unspecified atom stereocenters. The normalized spacial score (nSPS) is 12.5. The Hall–Kier alpha value is -2.05. The van der Waals surface area contributed by atoms with E-state index in [1.807, 2.05) is 12.1 Å². The predicted molar refractivity (Wildman–Crippen MR) is 127 cm³/mol. The van der Waals surface area contributed by atoms with E-state index in [2.05, 4.69) is 5.32 Å². The molecule has 0 saturated heterocycles. The number of halogens is 3. The van der Waals surface area contributed by atoms with Crippen LogP contribution >= 0.6 is 0 Å². The van der Waals surface area contributed by atoms with E-state index in [-0.39, 0.29) is 12.2 Å². The van der Waals surface area contributed by atoms with Gasteiger partial charge in [-0.1, -0.05) is 70.6 Å². The van der Waals surface area contributed by atoms with Crippen LogP contribution < -0.4 is 5.32 Å². The van der Waals surface area contributed by atoms with Crippen LogP contribution in [0.15, 0.2) is 24.3 Å². The Kier molecular flexibility index (Phi) is 14.5. The Morgan fingerprint density at radius 1 is 0.788 bits per heavy atom. The van der Waals surface area contributed by atoms with Crippen molar-refractivity contribution < 1.29 is 27.9 Å². The molecule has 1 atom stereocenters. The monoisotopic (exact) mass is 471 g/mol. The van der Waals surface area contributed by atoms with Gasteiger partial charge in [-0.2, -0.15) is 13.2 Å². The summed E-state index contributed by atoms with van der Waals surface area (Å²) < 4.78 is 36.1. The van der Waals surface area contributed by atoms with Gasteiger partial charge in [0.05, 0.1) is 0 Å². The predicted octanol–water partition coefficient (Wildman–Crippen LogP) is 8.03. The zero-order valence-electron chi connectivity index (χ0n) is 19.9. The Labute approximate surface area is 196 Å². The number of benzene rings is 1. The number of anilines is 1. The average Bonchev–Trinajstić information content (AvgIpc) is 2.77. The maximum absolute atomic E-state index is 12.0. The van der Waals surface area contributed by atoms with Crippen LogP contribution in [0.2, 0.25) is 0 Å². The van der Waals surface area contributed by atoms with E-state index in [0.717, 1.165) is 44.3 Å². The van der Waals surface area contributed by atoms with E-state index in [0.29, 0.717) is 12.0 Å². The van der Waals surface area contributed by atoms with Gasteiger partial charge in [-0.05, 0) is 44.0 Å². The van der Waals surface area contributed by atoms with Gasteiger partial charge in [0.1, 0.15) is 5.92 Å². The number of alkyl halides is 3. The molecule has 0 aromatic heterocycles. The number of carbonyl (C=O) groups excluding carboxylic acids is 1. The average molecular weight is 472 g/mol. The van der Waals surface area contributed by atoms with E-state index in [1.54, 1.807) is 12.1 Å². The highest BCUT2D eigenvalue weighted by Crippen LogP contribution is 2.23. The second kappa shape index (κ2) is 16.5. The van der Waals surface area contributed by atoms with Crippen molar-refractivity contribution in [3.8, 4) is 0 Å². The molecule has 0 aliphatic heterocycles. The lowest BCUT2D eigenvalue weighted by Crippen LogP contribution is -2.20. The largest absolute Gasteiger partial charge is 0.481 e. The minimum absolute atomic E-state index is 0.264. The molecule has 33 heavy (non-hydrogen) atoms. The van der Waals surface area contributed by atoms with E-state index < -0.39 is 24.5 Å². The molecular formula is C26H40F3NO3. The maximum Gasteiger partial charge on any atom is 0.389 e. The quantitative estimate of drug-likeness (QED) is 0.122. The van der Waals surface area contributed by atoms with Gasteiger partial charge < -0.3 is 10.4 Å². The van der Waals surface area contributed by atoms with E-state index in [4.69, 9.17) is 5.11 Å². The third-order valence-corrected chi connectivity index (χ3v) is 5.90. The summed E-state index contributed by atoms with van der Waals surface area (Å²) in [6.45, 7) is 2.26. The highest BCUT2D eigenvalue weighted by Gasteiger charge is 2.25. The Balaban J connectivity index is 1.92. The SMILES string of the molecule is CC(C(=O)O)C(=O)c1ccc(NCCCCCCCCCCCCCCCC(F)(F)F)cc1. The van der Waals surface area contributed by atoms with Crippen molar-refractivity contribution in [3.05, 3.63) is 29.8 Å². The zero-order valence-corrected chi connectivity index (χ0v) is 19.9. The van der Waals surface area contributed by atoms with Crippen molar-refractivity contribution in [1.82, 2.24) is 0 Å². The molecule has 2 N–H and O–H groups in total. The lowest BCUT2D eigenvalue weighted by atomic mass is 9.99. The van der Waals surface area contributed by atoms with Gasteiger partial charge in [0, 0.05) is 24.2 Å². The van der Waals surface area contributed by atoms with Gasteiger partial charge in [0.2, 0.25) is 0 Å². The number of carboxylic acids is 1. The molecule has 7 heteroatoms. The Bertz CT molecular complexity index is 674. The van der Waals surface area contributed by atoms with Gasteiger partial charge in [-0.3, -0.25) is 9.59 Å². The molecule has 0 aliphatic rings. The van der Waals surface area contributed by atoms with Crippen molar-refractivity contribution in [1.29, 1.82) is 0 Å². The van der Waals surface area contributed by atoms with Crippen molar-refractivity contribution in [2.24, 2.45) is 5.92 Å². The first-order chi connectivity index (χ1) is 15.7. The summed E-state index contributed by atoms with van der Waals surface area (Å²) in [6.07, 6.45) is 8.95. The van der Waals surface area contributed by atoms with Crippen molar-refractivity contribution in [3.63, 3.8) is 0 Å². The Morgan fingerprint density at radius 2 is 1.21 bits per heavy atom. The number of aliphatic carboxylic acids is 1. The van der Waals surface area contributed by atoms with Crippen LogP contribution in [-0.2, 0) is 4.79 Å². The van der Waals surface area contributed by atoms with Crippen LogP contribution in [0, 0.1) is 5.92 Å². The number of hydrogen-bond acceptors (Lipinski definition) is 3. The van der Waals surface area contributed by atoms with Crippen molar-refractivity contribution in [2.75, 3.05) is 11.9 Å². The summed E-state index contributed by atoms with van der Waals surface area (Å²) in [5.74, 6) is -2.53.